The molecule has 4 nitrogen and oxygen atoms in total. The van der Waals surface area contributed by atoms with Crippen molar-refractivity contribution < 1.29 is 9.18 Å². The Labute approximate surface area is 193 Å². The lowest BCUT2D eigenvalue weighted by Gasteiger charge is -2.31. The number of aromatic nitrogens is 1. The molecule has 0 spiro atoms. The predicted octanol–water partition coefficient (Wildman–Crippen LogP) is 5.99. The number of rotatable bonds is 4. The average Bonchev–Trinajstić information content (AvgIpc) is 3.28. The van der Waals surface area contributed by atoms with Crippen LogP contribution in [0, 0.1) is 5.82 Å². The van der Waals surface area contributed by atoms with Gasteiger partial charge in [0.15, 0.2) is 0 Å². The lowest BCUT2D eigenvalue weighted by molar-refractivity contribution is 0.180. The first-order valence-electron chi connectivity index (χ1n) is 11.3. The van der Waals surface area contributed by atoms with Gasteiger partial charge in [0.1, 0.15) is 5.82 Å². The molecule has 33 heavy (non-hydrogen) atoms. The maximum Gasteiger partial charge on any atom is 0.318 e. The summed E-state index contributed by atoms with van der Waals surface area (Å²) in [6.07, 6.45) is 3.02. The Balaban J connectivity index is 1.54. The Morgan fingerprint density at radius 3 is 2.42 bits per heavy atom. The van der Waals surface area contributed by atoms with E-state index >= 15 is 0 Å². The second kappa shape index (κ2) is 8.94. The molecule has 0 fully saturated rings. The molecule has 2 amide bonds. The first kappa shape index (κ1) is 21.0. The van der Waals surface area contributed by atoms with E-state index in [1.807, 2.05) is 23.1 Å². The standard InChI is InChI=1S/C28H26FN3O/c1-2-20-9-13-22(14-10-20)27-26-8-5-17-31(26)25-7-4-3-6-23(25)19-32(27)28(33)30-18-21-11-15-24(29)16-12-21/h3-17,27H,2,18-19H2,1H3,(H,30,33)/t27-/m0/s1. The summed E-state index contributed by atoms with van der Waals surface area (Å²) in [6.45, 7) is 2.95. The van der Waals surface area contributed by atoms with Gasteiger partial charge in [-0.25, -0.2) is 9.18 Å². The minimum atomic E-state index is -0.287. The molecule has 5 heteroatoms. The number of amides is 2. The van der Waals surface area contributed by atoms with Crippen LogP contribution in [0.1, 0.15) is 40.9 Å². The summed E-state index contributed by atoms with van der Waals surface area (Å²) in [7, 11) is 0. The molecule has 1 aliphatic heterocycles. The lowest BCUT2D eigenvalue weighted by Crippen LogP contribution is -2.41. The number of carbonyl (C=O) groups is 1. The Morgan fingerprint density at radius 2 is 1.67 bits per heavy atom. The van der Waals surface area contributed by atoms with E-state index in [-0.39, 0.29) is 17.9 Å². The van der Waals surface area contributed by atoms with E-state index in [1.165, 1.54) is 17.7 Å². The highest BCUT2D eigenvalue weighted by atomic mass is 19.1. The normalized spacial score (nSPS) is 14.8. The Hall–Kier alpha value is -3.86. The van der Waals surface area contributed by atoms with Crippen molar-refractivity contribution in [2.24, 2.45) is 0 Å². The SMILES string of the molecule is CCc1ccc([C@H]2c3cccn3-c3ccccc3CN2C(=O)NCc2ccc(F)cc2)cc1. The second-order valence-electron chi connectivity index (χ2n) is 8.34. The first-order valence-corrected chi connectivity index (χ1v) is 11.3. The zero-order valence-corrected chi connectivity index (χ0v) is 18.5. The van der Waals surface area contributed by atoms with Gasteiger partial charge in [-0.2, -0.15) is 0 Å². The van der Waals surface area contributed by atoms with Crippen molar-refractivity contribution >= 4 is 6.03 Å². The van der Waals surface area contributed by atoms with Crippen molar-refractivity contribution in [2.75, 3.05) is 0 Å². The van der Waals surface area contributed by atoms with E-state index < -0.39 is 0 Å². The molecule has 0 unspecified atom stereocenters. The van der Waals surface area contributed by atoms with Gasteiger partial charge in [-0.05, 0) is 59.0 Å². The molecule has 5 rings (SSSR count). The first-order chi connectivity index (χ1) is 16.1. The van der Waals surface area contributed by atoms with Crippen LogP contribution in [-0.2, 0) is 19.5 Å². The number of fused-ring (bicyclic) bond motifs is 3. The average molecular weight is 440 g/mol. The van der Waals surface area contributed by atoms with E-state index in [9.17, 15) is 9.18 Å². The number of aryl methyl sites for hydroxylation is 1. The summed E-state index contributed by atoms with van der Waals surface area (Å²) >= 11 is 0. The van der Waals surface area contributed by atoms with Gasteiger partial charge < -0.3 is 14.8 Å². The molecule has 1 aromatic heterocycles. The fraction of sp³-hybridized carbons (Fsp3) is 0.179. The van der Waals surface area contributed by atoms with Crippen molar-refractivity contribution in [3.63, 3.8) is 0 Å². The fourth-order valence-corrected chi connectivity index (χ4v) is 4.51. The van der Waals surface area contributed by atoms with Crippen LogP contribution in [0.15, 0.2) is 91.1 Å². The molecule has 1 N–H and O–H groups in total. The van der Waals surface area contributed by atoms with Gasteiger partial charge in [0, 0.05) is 18.4 Å². The number of urea groups is 1. The topological polar surface area (TPSA) is 37.3 Å². The minimum absolute atomic E-state index is 0.159. The maximum atomic E-state index is 13.6. The van der Waals surface area contributed by atoms with Crippen LogP contribution >= 0.6 is 0 Å². The molecule has 1 atom stereocenters. The van der Waals surface area contributed by atoms with Gasteiger partial charge >= 0.3 is 6.03 Å². The van der Waals surface area contributed by atoms with Crippen molar-refractivity contribution in [2.45, 2.75) is 32.5 Å². The Bertz CT molecular complexity index is 1260. The van der Waals surface area contributed by atoms with Crippen LogP contribution in [0.2, 0.25) is 0 Å². The van der Waals surface area contributed by atoms with Gasteiger partial charge in [-0.3, -0.25) is 0 Å². The Morgan fingerprint density at radius 1 is 0.939 bits per heavy atom. The molecule has 0 aliphatic carbocycles. The summed E-state index contributed by atoms with van der Waals surface area (Å²) in [5.74, 6) is -0.287. The highest BCUT2D eigenvalue weighted by molar-refractivity contribution is 5.76. The van der Waals surface area contributed by atoms with E-state index in [0.29, 0.717) is 13.1 Å². The number of halogens is 1. The molecule has 4 aromatic rings. The summed E-state index contributed by atoms with van der Waals surface area (Å²) in [5.41, 5.74) is 6.39. The number of nitrogens with one attached hydrogen (secondary N) is 1. The minimum Gasteiger partial charge on any atom is -0.334 e. The third-order valence-electron chi connectivity index (χ3n) is 6.29. The van der Waals surface area contributed by atoms with E-state index in [4.69, 9.17) is 0 Å². The van der Waals surface area contributed by atoms with Crippen LogP contribution in [0.5, 0.6) is 0 Å². The van der Waals surface area contributed by atoms with Crippen molar-refractivity contribution in [3.05, 3.63) is 125 Å². The van der Waals surface area contributed by atoms with Crippen molar-refractivity contribution in [1.82, 2.24) is 14.8 Å². The van der Waals surface area contributed by atoms with Crippen molar-refractivity contribution in [3.8, 4) is 5.69 Å². The highest BCUT2D eigenvalue weighted by Crippen LogP contribution is 2.36. The quantitative estimate of drug-likeness (QED) is 0.416. The van der Waals surface area contributed by atoms with Crippen LogP contribution in [0.25, 0.3) is 5.69 Å². The number of carbonyl (C=O) groups excluding carboxylic acids is 1. The van der Waals surface area contributed by atoms with Crippen LogP contribution < -0.4 is 5.32 Å². The zero-order chi connectivity index (χ0) is 22.8. The van der Waals surface area contributed by atoms with E-state index in [0.717, 1.165) is 34.5 Å². The molecule has 0 radical (unpaired) electrons. The number of hydrogen-bond acceptors (Lipinski definition) is 1. The molecule has 3 aromatic carbocycles. The third kappa shape index (κ3) is 4.14. The van der Waals surface area contributed by atoms with Gasteiger partial charge in [0.25, 0.3) is 0 Å². The van der Waals surface area contributed by atoms with E-state index in [1.54, 1.807) is 12.1 Å². The van der Waals surface area contributed by atoms with Crippen molar-refractivity contribution in [1.29, 1.82) is 0 Å². The molecule has 2 heterocycles. The smallest absolute Gasteiger partial charge is 0.318 e. The molecular formula is C28H26FN3O. The number of benzene rings is 3. The lowest BCUT2D eigenvalue weighted by atomic mass is 10.00. The van der Waals surface area contributed by atoms with Crippen LogP contribution in [0.3, 0.4) is 0 Å². The summed E-state index contributed by atoms with van der Waals surface area (Å²) < 4.78 is 15.4. The molecular weight excluding hydrogens is 413 g/mol. The number of nitrogens with zero attached hydrogens (tertiary/aromatic N) is 2. The predicted molar refractivity (Wildman–Crippen MR) is 128 cm³/mol. The second-order valence-corrected chi connectivity index (χ2v) is 8.34. The molecule has 0 bridgehead atoms. The third-order valence-corrected chi connectivity index (χ3v) is 6.29. The van der Waals surface area contributed by atoms with Gasteiger partial charge in [0.2, 0.25) is 0 Å². The zero-order valence-electron chi connectivity index (χ0n) is 18.5. The van der Waals surface area contributed by atoms with Crippen LogP contribution in [0.4, 0.5) is 9.18 Å². The summed E-state index contributed by atoms with van der Waals surface area (Å²) in [5, 5.41) is 3.05. The monoisotopic (exact) mass is 439 g/mol. The molecule has 1 aliphatic rings. The molecule has 0 saturated heterocycles. The van der Waals surface area contributed by atoms with E-state index in [2.05, 4.69) is 65.5 Å². The molecule has 0 saturated carbocycles. The Kier molecular flexibility index (Phi) is 5.69. The van der Waals surface area contributed by atoms with Gasteiger partial charge in [-0.15, -0.1) is 0 Å². The van der Waals surface area contributed by atoms with Gasteiger partial charge in [0.05, 0.1) is 18.3 Å². The van der Waals surface area contributed by atoms with Crippen LogP contribution in [-0.4, -0.2) is 15.5 Å². The fourth-order valence-electron chi connectivity index (χ4n) is 4.51. The molecule has 166 valence electrons. The number of para-hydroxylation sites is 1. The largest absolute Gasteiger partial charge is 0.334 e. The maximum absolute atomic E-state index is 13.6. The summed E-state index contributed by atoms with van der Waals surface area (Å²) in [4.78, 5) is 15.5. The van der Waals surface area contributed by atoms with Gasteiger partial charge in [-0.1, -0.05) is 61.5 Å². The number of hydrogen-bond donors (Lipinski definition) is 1. The summed E-state index contributed by atoms with van der Waals surface area (Å²) in [6, 6.07) is 26.6. The highest BCUT2D eigenvalue weighted by Gasteiger charge is 2.32.